The minimum absolute atomic E-state index is 0.206. The summed E-state index contributed by atoms with van der Waals surface area (Å²) >= 11 is 0. The van der Waals surface area contributed by atoms with Crippen LogP contribution in [0.25, 0.3) is 22.4 Å². The first-order valence-electron chi connectivity index (χ1n) is 9.42. The van der Waals surface area contributed by atoms with Crippen molar-refractivity contribution >= 4 is 0 Å². The zero-order chi connectivity index (χ0) is 20.1. The Hall–Kier alpha value is -3.54. The molecule has 3 heterocycles. The van der Waals surface area contributed by atoms with Gasteiger partial charge in [0.15, 0.2) is 0 Å². The van der Waals surface area contributed by atoms with Crippen molar-refractivity contribution in [1.82, 2.24) is 19.7 Å². The molecular weight excluding hydrogens is 367 g/mol. The van der Waals surface area contributed by atoms with Gasteiger partial charge in [-0.05, 0) is 61.0 Å². The Morgan fingerprint density at radius 2 is 1.76 bits per heavy atom. The van der Waals surface area contributed by atoms with Gasteiger partial charge >= 0.3 is 0 Å². The van der Waals surface area contributed by atoms with Crippen molar-refractivity contribution in [3.63, 3.8) is 0 Å². The highest BCUT2D eigenvalue weighted by Crippen LogP contribution is 2.32. The lowest BCUT2D eigenvalue weighted by Crippen LogP contribution is -2.04. The number of hydrogen-bond acceptors (Lipinski definition) is 4. The first kappa shape index (κ1) is 18.8. The number of aromatic nitrogens is 4. The Bertz CT molecular complexity index is 1080. The number of nitrogens with zero attached hydrogens (tertiary/aromatic N) is 4. The predicted octanol–water partition coefficient (Wildman–Crippen LogP) is 4.86. The third kappa shape index (κ3) is 4.32. The number of ether oxygens (including phenoxy) is 1. The van der Waals surface area contributed by atoms with Crippen LogP contribution >= 0.6 is 0 Å². The van der Waals surface area contributed by atoms with E-state index < -0.39 is 6.67 Å². The van der Waals surface area contributed by atoms with Gasteiger partial charge in [0, 0.05) is 29.2 Å². The molecule has 0 spiro atoms. The van der Waals surface area contributed by atoms with Crippen LogP contribution in [0, 0.1) is 6.92 Å². The second-order valence-electron chi connectivity index (χ2n) is 6.64. The Morgan fingerprint density at radius 3 is 2.48 bits per heavy atom. The fourth-order valence-corrected chi connectivity index (χ4v) is 3.23. The van der Waals surface area contributed by atoms with E-state index in [1.165, 1.54) is 0 Å². The second-order valence-corrected chi connectivity index (χ2v) is 6.64. The summed E-state index contributed by atoms with van der Waals surface area (Å²) in [7, 11) is 0. The molecule has 0 N–H and O–H groups in total. The van der Waals surface area contributed by atoms with Gasteiger partial charge in [0.25, 0.3) is 0 Å². The number of benzene rings is 1. The Morgan fingerprint density at radius 1 is 0.966 bits per heavy atom. The van der Waals surface area contributed by atoms with Crippen LogP contribution in [0.4, 0.5) is 4.39 Å². The van der Waals surface area contributed by atoms with Crippen LogP contribution in [0.2, 0.25) is 0 Å². The molecule has 0 radical (unpaired) electrons. The fraction of sp³-hybridized carbons (Fsp3) is 0.174. The normalized spacial score (nSPS) is 10.8. The topological polar surface area (TPSA) is 52.8 Å². The SMILES string of the molecule is Cc1cccc(COc2ccc(-c3c(-c4ccncc4)cnn3CCF)cc2)n1. The van der Waals surface area contributed by atoms with Gasteiger partial charge in [-0.2, -0.15) is 5.10 Å². The fourth-order valence-electron chi connectivity index (χ4n) is 3.23. The van der Waals surface area contributed by atoms with E-state index in [4.69, 9.17) is 4.74 Å². The van der Waals surface area contributed by atoms with Gasteiger partial charge in [-0.25, -0.2) is 4.39 Å². The van der Waals surface area contributed by atoms with Crippen LogP contribution in [-0.4, -0.2) is 26.4 Å². The molecule has 4 aromatic rings. The third-order valence-electron chi connectivity index (χ3n) is 4.59. The van der Waals surface area contributed by atoms with Gasteiger partial charge in [-0.1, -0.05) is 6.07 Å². The van der Waals surface area contributed by atoms with Crippen molar-refractivity contribution in [2.75, 3.05) is 6.67 Å². The molecule has 3 aromatic heterocycles. The molecule has 0 aliphatic heterocycles. The smallest absolute Gasteiger partial charge is 0.130 e. The number of alkyl halides is 1. The summed E-state index contributed by atoms with van der Waals surface area (Å²) in [6, 6.07) is 17.5. The zero-order valence-corrected chi connectivity index (χ0v) is 16.1. The van der Waals surface area contributed by atoms with E-state index in [0.717, 1.165) is 39.5 Å². The maximum atomic E-state index is 13.0. The van der Waals surface area contributed by atoms with Gasteiger partial charge in [-0.3, -0.25) is 14.6 Å². The lowest BCUT2D eigenvalue weighted by Gasteiger charge is -2.11. The molecule has 146 valence electrons. The van der Waals surface area contributed by atoms with E-state index in [0.29, 0.717) is 6.61 Å². The molecule has 1 aromatic carbocycles. The van der Waals surface area contributed by atoms with E-state index in [9.17, 15) is 4.39 Å². The van der Waals surface area contributed by atoms with Crippen LogP contribution in [0.15, 0.2) is 73.2 Å². The van der Waals surface area contributed by atoms with E-state index in [1.807, 2.05) is 61.5 Å². The highest BCUT2D eigenvalue weighted by molar-refractivity contribution is 5.80. The molecule has 5 nitrogen and oxygen atoms in total. The van der Waals surface area contributed by atoms with E-state index in [1.54, 1.807) is 23.3 Å². The Balaban J connectivity index is 1.59. The number of aryl methyl sites for hydroxylation is 2. The first-order valence-corrected chi connectivity index (χ1v) is 9.42. The van der Waals surface area contributed by atoms with Crippen LogP contribution in [0.3, 0.4) is 0 Å². The zero-order valence-electron chi connectivity index (χ0n) is 16.1. The van der Waals surface area contributed by atoms with Crippen molar-refractivity contribution in [2.24, 2.45) is 0 Å². The molecular formula is C23H21FN4O. The number of pyridine rings is 2. The van der Waals surface area contributed by atoms with Crippen LogP contribution in [0.1, 0.15) is 11.4 Å². The monoisotopic (exact) mass is 388 g/mol. The van der Waals surface area contributed by atoms with Crippen LogP contribution in [-0.2, 0) is 13.2 Å². The molecule has 6 heteroatoms. The maximum Gasteiger partial charge on any atom is 0.130 e. The van der Waals surface area contributed by atoms with Gasteiger partial charge in [-0.15, -0.1) is 0 Å². The van der Waals surface area contributed by atoms with Crippen molar-refractivity contribution in [1.29, 1.82) is 0 Å². The average molecular weight is 388 g/mol. The Labute approximate surface area is 168 Å². The molecule has 0 saturated heterocycles. The summed E-state index contributed by atoms with van der Waals surface area (Å²) in [5.41, 5.74) is 5.61. The van der Waals surface area contributed by atoms with Crippen molar-refractivity contribution in [2.45, 2.75) is 20.1 Å². The lowest BCUT2D eigenvalue weighted by atomic mass is 10.0. The van der Waals surface area contributed by atoms with Gasteiger partial charge in [0.05, 0.1) is 24.1 Å². The predicted molar refractivity (Wildman–Crippen MR) is 110 cm³/mol. The highest BCUT2D eigenvalue weighted by Gasteiger charge is 2.15. The van der Waals surface area contributed by atoms with Crippen molar-refractivity contribution < 1.29 is 9.13 Å². The first-order chi connectivity index (χ1) is 14.2. The lowest BCUT2D eigenvalue weighted by molar-refractivity contribution is 0.301. The summed E-state index contributed by atoms with van der Waals surface area (Å²) in [6.45, 7) is 2.09. The minimum Gasteiger partial charge on any atom is -0.487 e. The largest absolute Gasteiger partial charge is 0.487 e. The van der Waals surface area contributed by atoms with Gasteiger partial charge in [0.2, 0.25) is 0 Å². The number of hydrogen-bond donors (Lipinski definition) is 0. The minimum atomic E-state index is -0.477. The van der Waals surface area contributed by atoms with Gasteiger partial charge in [0.1, 0.15) is 19.0 Å². The summed E-state index contributed by atoms with van der Waals surface area (Å²) < 4.78 is 20.6. The van der Waals surface area contributed by atoms with Crippen LogP contribution < -0.4 is 4.74 Å². The standard InChI is InChI=1S/C23H21FN4O/c1-17-3-2-4-20(27-17)16-29-21-7-5-19(6-8-21)23-22(15-26-28(23)14-11-24)18-9-12-25-13-10-18/h2-10,12-13,15H,11,14,16H2,1H3. The van der Waals surface area contributed by atoms with E-state index in [-0.39, 0.29) is 6.54 Å². The van der Waals surface area contributed by atoms with E-state index in [2.05, 4.69) is 15.1 Å². The third-order valence-corrected chi connectivity index (χ3v) is 4.59. The molecule has 0 aliphatic carbocycles. The molecule has 0 aliphatic rings. The summed E-state index contributed by atoms with van der Waals surface area (Å²) in [5.74, 6) is 0.749. The van der Waals surface area contributed by atoms with E-state index >= 15 is 0 Å². The summed E-state index contributed by atoms with van der Waals surface area (Å²) in [4.78, 5) is 8.52. The van der Waals surface area contributed by atoms with Crippen molar-refractivity contribution in [3.05, 3.63) is 84.6 Å². The molecule has 0 unspecified atom stereocenters. The van der Waals surface area contributed by atoms with Crippen molar-refractivity contribution in [3.8, 4) is 28.1 Å². The molecule has 29 heavy (non-hydrogen) atoms. The molecule has 4 rings (SSSR count). The molecule has 0 amide bonds. The second kappa shape index (κ2) is 8.65. The quantitative estimate of drug-likeness (QED) is 0.453. The molecule has 0 fully saturated rings. The summed E-state index contributed by atoms with van der Waals surface area (Å²) in [5, 5.41) is 4.38. The number of halogens is 1. The van der Waals surface area contributed by atoms with Gasteiger partial charge < -0.3 is 4.74 Å². The molecule has 0 bridgehead atoms. The molecule has 0 atom stereocenters. The number of rotatable bonds is 7. The highest BCUT2D eigenvalue weighted by atomic mass is 19.1. The summed E-state index contributed by atoms with van der Waals surface area (Å²) in [6.07, 6.45) is 5.25. The average Bonchev–Trinajstić information content (AvgIpc) is 3.17. The van der Waals surface area contributed by atoms with Crippen LogP contribution in [0.5, 0.6) is 5.75 Å². The Kier molecular flexibility index (Phi) is 5.61. The molecule has 0 saturated carbocycles. The maximum absolute atomic E-state index is 13.0.